The number of aliphatic carboxylic acids is 1. The summed E-state index contributed by atoms with van der Waals surface area (Å²) in [5.74, 6) is -1.44. The number of benzene rings is 1. The molecule has 9 heteroatoms. The number of hydrogen-bond donors (Lipinski definition) is 1. The van der Waals surface area contributed by atoms with E-state index in [-0.39, 0.29) is 39.9 Å². The molecule has 0 radical (unpaired) electrons. The largest absolute Gasteiger partial charge is 2.00 e. The van der Waals surface area contributed by atoms with Gasteiger partial charge in [-0.15, -0.1) is 0 Å². The van der Waals surface area contributed by atoms with E-state index >= 15 is 0 Å². The van der Waals surface area contributed by atoms with Crippen LogP contribution in [0.5, 0.6) is 0 Å². The zero-order chi connectivity index (χ0) is 14.5. The van der Waals surface area contributed by atoms with Crippen molar-refractivity contribution in [3.63, 3.8) is 0 Å². The molecule has 7 nitrogen and oxygen atoms in total. The maximum absolute atomic E-state index is 9.34. The standard InChI is InChI=1S/C12H8N2.C3H6O3.ClH.Ni.2H2O/c1-3-9-5-6-10-4-2-8-14-12(10)11(9)13-7-1;1-2(4)3(5)6;;;;/h1-8H;2,4H,1H3,(H,5,6);1H;;2*1H2/q;;;+2;;/t;2-;;;;/m.0..../s1. The van der Waals surface area contributed by atoms with Gasteiger partial charge in [-0.3, -0.25) is 9.97 Å². The number of carbonyl (C=O) groups excluding carboxylic acids is 1. The van der Waals surface area contributed by atoms with Crippen LogP contribution in [0.15, 0.2) is 48.8 Å². The summed E-state index contributed by atoms with van der Waals surface area (Å²) in [5, 5.41) is 19.6. The van der Waals surface area contributed by atoms with Crippen LogP contribution in [0.3, 0.4) is 0 Å². The molecule has 0 aliphatic rings. The Bertz CT molecular complexity index is 703. The molecule has 0 saturated heterocycles. The van der Waals surface area contributed by atoms with Gasteiger partial charge >= 0.3 is 16.5 Å². The summed E-state index contributed by atoms with van der Waals surface area (Å²) in [7, 11) is 0. The number of carboxylic acids is 1. The summed E-state index contributed by atoms with van der Waals surface area (Å²) in [6, 6.07) is 12.1. The fraction of sp³-hybridized carbons (Fsp3) is 0.133. The van der Waals surface area contributed by atoms with Gasteiger partial charge in [-0.05, 0) is 19.1 Å². The summed E-state index contributed by atoms with van der Waals surface area (Å²) in [6.07, 6.45) is 2.26. The van der Waals surface area contributed by atoms with Crippen molar-refractivity contribution >= 4 is 27.8 Å². The van der Waals surface area contributed by atoms with Gasteiger partial charge in [-0.25, -0.2) is 0 Å². The number of pyridine rings is 2. The summed E-state index contributed by atoms with van der Waals surface area (Å²) >= 11 is 0. The molecule has 0 bridgehead atoms. The van der Waals surface area contributed by atoms with E-state index in [2.05, 4.69) is 34.2 Å². The summed E-state index contributed by atoms with van der Waals surface area (Å²) in [4.78, 5) is 18.0. The first-order valence-electron chi connectivity index (χ1n) is 6.07. The molecule has 0 aliphatic carbocycles. The second kappa shape index (κ2) is 12.6. The van der Waals surface area contributed by atoms with Gasteiger partial charge in [-0.1, -0.05) is 24.3 Å². The molecule has 0 spiro atoms. The Morgan fingerprint density at radius 3 is 1.62 bits per heavy atom. The number of aliphatic hydroxyl groups is 1. The van der Waals surface area contributed by atoms with Crippen molar-refractivity contribution in [1.82, 2.24) is 9.97 Å². The summed E-state index contributed by atoms with van der Waals surface area (Å²) in [6.45, 7) is 1.13. The quantitative estimate of drug-likeness (QED) is 0.251. The molecule has 2 aromatic heterocycles. The Balaban J connectivity index is -0.000000394. The molecule has 0 amide bonds. The van der Waals surface area contributed by atoms with Crippen LogP contribution in [0.25, 0.3) is 21.8 Å². The molecule has 7 N–H and O–H groups in total. The van der Waals surface area contributed by atoms with Gasteiger partial charge in [0.05, 0.1) is 23.1 Å². The minimum absolute atomic E-state index is 0. The van der Waals surface area contributed by atoms with E-state index in [9.17, 15) is 9.90 Å². The van der Waals surface area contributed by atoms with Crippen LogP contribution in [0.2, 0.25) is 0 Å². The van der Waals surface area contributed by atoms with E-state index in [4.69, 9.17) is 5.11 Å². The zero-order valence-corrected chi connectivity index (χ0v) is 14.4. The summed E-state index contributed by atoms with van der Waals surface area (Å²) in [5.41, 5.74) is 1.95. The van der Waals surface area contributed by atoms with Crippen molar-refractivity contribution in [2.24, 2.45) is 0 Å². The predicted octanol–water partition coefficient (Wildman–Crippen LogP) is -3.94. The van der Waals surface area contributed by atoms with Gasteiger partial charge in [0.15, 0.2) is 0 Å². The van der Waals surface area contributed by atoms with Crippen LogP contribution < -0.4 is 17.5 Å². The van der Waals surface area contributed by atoms with E-state index in [1.807, 2.05) is 12.1 Å². The van der Waals surface area contributed by atoms with Crippen molar-refractivity contribution in [1.29, 1.82) is 0 Å². The number of rotatable bonds is 1. The zero-order valence-electron chi connectivity index (χ0n) is 12.7. The smallest absolute Gasteiger partial charge is 1.00 e. The predicted molar refractivity (Wildman–Crippen MR) is 83.5 cm³/mol. The fourth-order valence-corrected chi connectivity index (χ4v) is 1.68. The van der Waals surface area contributed by atoms with Gasteiger partial charge in [0.2, 0.25) is 0 Å². The minimum Gasteiger partial charge on any atom is -1.00 e. The first kappa shape index (κ1) is 27.0. The van der Waals surface area contributed by atoms with Gasteiger partial charge in [0, 0.05) is 23.2 Å². The molecule has 3 rings (SSSR count). The van der Waals surface area contributed by atoms with E-state index in [1.165, 1.54) is 0 Å². The monoisotopic (exact) mass is 400 g/mol. The molecule has 0 unspecified atom stereocenters. The average Bonchev–Trinajstić information content (AvgIpc) is 2.47. The van der Waals surface area contributed by atoms with Crippen molar-refractivity contribution in [3.05, 3.63) is 48.8 Å². The van der Waals surface area contributed by atoms with Crippen LogP contribution in [0.4, 0.5) is 0 Å². The molecular weight excluding hydrogens is 382 g/mol. The van der Waals surface area contributed by atoms with E-state index in [0.717, 1.165) is 28.7 Å². The minimum atomic E-state index is -1.44. The number of carbonyl (C=O) groups is 1. The third-order valence-electron chi connectivity index (χ3n) is 2.69. The van der Waals surface area contributed by atoms with Crippen LogP contribution in [-0.2, 0) is 32.2 Å². The number of aromatic nitrogens is 2. The van der Waals surface area contributed by atoms with Crippen molar-refractivity contribution in [3.8, 4) is 0 Å². The molecule has 0 fully saturated rings. The fourth-order valence-electron chi connectivity index (χ4n) is 1.68. The maximum atomic E-state index is 9.34. The number of aliphatic hydroxyl groups excluding tert-OH is 1. The number of hydrogen-bond acceptors (Lipinski definition) is 5. The third kappa shape index (κ3) is 6.74. The van der Waals surface area contributed by atoms with Crippen LogP contribution in [-0.4, -0.2) is 27.1 Å². The molecule has 0 aliphatic heterocycles. The average molecular weight is 401 g/mol. The first-order valence-corrected chi connectivity index (χ1v) is 6.07. The van der Waals surface area contributed by atoms with Crippen LogP contribution in [0, 0.1) is 0 Å². The molecule has 1 aromatic carbocycles. The summed E-state index contributed by atoms with van der Waals surface area (Å²) < 4.78 is 0. The normalized spacial score (nSPS) is 9.75. The van der Waals surface area contributed by atoms with Gasteiger partial charge in [0.25, 0.3) is 0 Å². The molecular formula is C15H19ClN2NiO5+2. The van der Waals surface area contributed by atoms with Crippen molar-refractivity contribution in [2.75, 3.05) is 0 Å². The number of carboxylic acid groups (broad SMARTS) is 1. The van der Waals surface area contributed by atoms with Gasteiger partial charge < -0.3 is 38.4 Å². The van der Waals surface area contributed by atoms with Crippen molar-refractivity contribution < 1.29 is 54.9 Å². The maximum Gasteiger partial charge on any atom is 2.00 e. The number of halogens is 1. The second-order valence-electron chi connectivity index (χ2n) is 4.21. The molecule has 0 saturated carbocycles. The Morgan fingerprint density at radius 2 is 1.33 bits per heavy atom. The molecule has 134 valence electrons. The van der Waals surface area contributed by atoms with E-state index in [0.29, 0.717) is 0 Å². The Kier molecular flexibility index (Phi) is 14.2. The Morgan fingerprint density at radius 1 is 1.00 bits per heavy atom. The van der Waals surface area contributed by atoms with Crippen LogP contribution in [0.1, 0.15) is 6.92 Å². The molecule has 24 heavy (non-hydrogen) atoms. The third-order valence-corrected chi connectivity index (χ3v) is 2.69. The topological polar surface area (TPSA) is 152 Å². The molecule has 2 heterocycles. The number of nitrogens with zero attached hydrogens (tertiary/aromatic N) is 2. The van der Waals surface area contributed by atoms with E-state index in [1.54, 1.807) is 12.4 Å². The van der Waals surface area contributed by atoms with E-state index < -0.39 is 12.1 Å². The first-order chi connectivity index (χ1) is 9.59. The Hall–Kier alpha value is -1.83. The van der Waals surface area contributed by atoms with Crippen molar-refractivity contribution in [2.45, 2.75) is 13.0 Å². The SMILES string of the molecule is C[C@H](O)C(=O)[O-].[Cl-].[Ni+2].[OH3+].[OH3+].c1cnc2c(c1)ccc1cccnc12. The van der Waals surface area contributed by atoms with Crippen LogP contribution >= 0.6 is 0 Å². The molecule has 3 aromatic rings. The number of fused-ring (bicyclic) bond motifs is 3. The Labute approximate surface area is 154 Å². The second-order valence-corrected chi connectivity index (χ2v) is 4.21. The molecule has 1 atom stereocenters. The van der Waals surface area contributed by atoms with Gasteiger partial charge in [0.1, 0.15) is 0 Å². The van der Waals surface area contributed by atoms with Gasteiger partial charge in [-0.2, -0.15) is 0 Å².